The Bertz CT molecular complexity index is 542. The Hall–Kier alpha value is -2.04. The van der Waals surface area contributed by atoms with Gasteiger partial charge >= 0.3 is 0 Å². The first-order chi connectivity index (χ1) is 9.08. The molecule has 100 valence electrons. The molecular formula is C15H17NO3. The number of aliphatic hydroxyl groups excluding tert-OH is 1. The highest BCUT2D eigenvalue weighted by Gasteiger charge is 2.20. The molecule has 0 aliphatic heterocycles. The molecule has 0 aliphatic rings. The van der Waals surface area contributed by atoms with Crippen LogP contribution in [0.1, 0.15) is 17.2 Å². The van der Waals surface area contributed by atoms with Crippen molar-refractivity contribution in [3.05, 3.63) is 59.7 Å². The molecule has 0 bridgehead atoms. The fourth-order valence-electron chi connectivity index (χ4n) is 2.00. The molecule has 4 nitrogen and oxygen atoms in total. The van der Waals surface area contributed by atoms with Crippen LogP contribution in [0, 0.1) is 0 Å². The number of phenolic OH excluding ortho intramolecular Hbond substituents is 2. The second kappa shape index (κ2) is 5.73. The van der Waals surface area contributed by atoms with Gasteiger partial charge in [-0.1, -0.05) is 30.3 Å². The van der Waals surface area contributed by atoms with Crippen LogP contribution in [0.5, 0.6) is 11.5 Å². The number of aliphatic hydroxyl groups is 1. The zero-order valence-electron chi connectivity index (χ0n) is 10.4. The Balaban J connectivity index is 2.14. The number of phenols is 2. The largest absolute Gasteiger partial charge is 0.508 e. The van der Waals surface area contributed by atoms with E-state index in [9.17, 15) is 15.3 Å². The van der Waals surface area contributed by atoms with Gasteiger partial charge in [-0.05, 0) is 23.8 Å². The van der Waals surface area contributed by atoms with Crippen LogP contribution in [0.15, 0.2) is 48.5 Å². The SMILES string of the molecule is N[C@H](c1cc(O)ccc1O)[C@@H](O)Cc1ccccc1. The van der Waals surface area contributed by atoms with Crippen LogP contribution in [0.4, 0.5) is 0 Å². The van der Waals surface area contributed by atoms with Crippen molar-refractivity contribution < 1.29 is 15.3 Å². The number of hydrogen-bond acceptors (Lipinski definition) is 4. The van der Waals surface area contributed by atoms with Crippen LogP contribution in [-0.4, -0.2) is 21.4 Å². The molecule has 0 spiro atoms. The van der Waals surface area contributed by atoms with Crippen LogP contribution >= 0.6 is 0 Å². The Labute approximate surface area is 111 Å². The number of rotatable bonds is 4. The quantitative estimate of drug-likeness (QED) is 0.629. The molecule has 2 aromatic carbocycles. The normalized spacial score (nSPS) is 14.0. The van der Waals surface area contributed by atoms with E-state index in [1.165, 1.54) is 18.2 Å². The summed E-state index contributed by atoms with van der Waals surface area (Å²) in [7, 11) is 0. The van der Waals surface area contributed by atoms with Gasteiger partial charge < -0.3 is 21.1 Å². The van der Waals surface area contributed by atoms with Gasteiger partial charge in [0.1, 0.15) is 11.5 Å². The molecule has 0 aromatic heterocycles. The van der Waals surface area contributed by atoms with E-state index in [-0.39, 0.29) is 11.5 Å². The summed E-state index contributed by atoms with van der Waals surface area (Å²) in [6.07, 6.45) is -0.452. The van der Waals surface area contributed by atoms with Crippen molar-refractivity contribution >= 4 is 0 Å². The van der Waals surface area contributed by atoms with Crippen LogP contribution in [0.25, 0.3) is 0 Å². The van der Waals surface area contributed by atoms with E-state index in [0.29, 0.717) is 12.0 Å². The topological polar surface area (TPSA) is 86.7 Å². The van der Waals surface area contributed by atoms with Crippen LogP contribution in [-0.2, 0) is 6.42 Å². The molecule has 2 aromatic rings. The summed E-state index contributed by atoms with van der Waals surface area (Å²) in [6, 6.07) is 12.8. The van der Waals surface area contributed by atoms with E-state index in [0.717, 1.165) is 5.56 Å². The van der Waals surface area contributed by atoms with E-state index < -0.39 is 12.1 Å². The fraction of sp³-hybridized carbons (Fsp3) is 0.200. The molecule has 0 fully saturated rings. The summed E-state index contributed by atoms with van der Waals surface area (Å²) in [4.78, 5) is 0. The third kappa shape index (κ3) is 3.24. The van der Waals surface area contributed by atoms with Gasteiger partial charge in [0, 0.05) is 12.0 Å². The summed E-state index contributed by atoms with van der Waals surface area (Å²) in [5.74, 6) is -0.0208. The second-order valence-electron chi connectivity index (χ2n) is 4.53. The molecule has 5 N–H and O–H groups in total. The third-order valence-corrected chi connectivity index (χ3v) is 3.07. The highest BCUT2D eigenvalue weighted by molar-refractivity contribution is 5.41. The molecular weight excluding hydrogens is 242 g/mol. The third-order valence-electron chi connectivity index (χ3n) is 3.07. The molecule has 2 atom stereocenters. The lowest BCUT2D eigenvalue weighted by Crippen LogP contribution is -2.28. The Morgan fingerprint density at radius 1 is 1.00 bits per heavy atom. The lowest BCUT2D eigenvalue weighted by Gasteiger charge is -2.20. The van der Waals surface area contributed by atoms with Crippen molar-refractivity contribution in [3.8, 4) is 11.5 Å². The zero-order valence-corrected chi connectivity index (χ0v) is 10.4. The number of hydrogen-bond donors (Lipinski definition) is 4. The van der Waals surface area contributed by atoms with Crippen molar-refractivity contribution in [2.75, 3.05) is 0 Å². The van der Waals surface area contributed by atoms with Crippen LogP contribution < -0.4 is 5.73 Å². The van der Waals surface area contributed by atoms with E-state index in [2.05, 4.69) is 0 Å². The number of nitrogens with two attached hydrogens (primary N) is 1. The lowest BCUT2D eigenvalue weighted by atomic mass is 9.96. The van der Waals surface area contributed by atoms with Crippen molar-refractivity contribution in [2.45, 2.75) is 18.6 Å². The monoisotopic (exact) mass is 259 g/mol. The van der Waals surface area contributed by atoms with Crippen molar-refractivity contribution in [2.24, 2.45) is 5.73 Å². The first kappa shape index (κ1) is 13.4. The first-order valence-corrected chi connectivity index (χ1v) is 6.07. The Morgan fingerprint density at radius 3 is 2.37 bits per heavy atom. The van der Waals surface area contributed by atoms with E-state index >= 15 is 0 Å². The molecule has 4 heteroatoms. The van der Waals surface area contributed by atoms with E-state index in [1.807, 2.05) is 30.3 Å². The standard InChI is InChI=1S/C15H17NO3/c16-15(12-9-11(17)6-7-13(12)18)14(19)8-10-4-2-1-3-5-10/h1-7,9,14-15,17-19H,8,16H2/t14-,15+/m0/s1. The second-order valence-corrected chi connectivity index (χ2v) is 4.53. The van der Waals surface area contributed by atoms with Crippen molar-refractivity contribution in [1.29, 1.82) is 0 Å². The summed E-state index contributed by atoms with van der Waals surface area (Å²) < 4.78 is 0. The van der Waals surface area contributed by atoms with E-state index in [1.54, 1.807) is 0 Å². The highest BCUT2D eigenvalue weighted by atomic mass is 16.3. The van der Waals surface area contributed by atoms with Gasteiger partial charge in [0.2, 0.25) is 0 Å². The molecule has 0 saturated heterocycles. The minimum atomic E-state index is -0.838. The van der Waals surface area contributed by atoms with Crippen LogP contribution in [0.3, 0.4) is 0 Å². The van der Waals surface area contributed by atoms with Gasteiger partial charge in [0.15, 0.2) is 0 Å². The summed E-state index contributed by atoms with van der Waals surface area (Å²) in [5.41, 5.74) is 7.23. The van der Waals surface area contributed by atoms with Gasteiger partial charge in [0.25, 0.3) is 0 Å². The first-order valence-electron chi connectivity index (χ1n) is 6.07. The number of aromatic hydroxyl groups is 2. The lowest BCUT2D eigenvalue weighted by molar-refractivity contribution is 0.143. The Kier molecular flexibility index (Phi) is 4.04. The smallest absolute Gasteiger partial charge is 0.120 e. The molecule has 2 rings (SSSR count). The molecule has 0 heterocycles. The highest BCUT2D eigenvalue weighted by Crippen LogP contribution is 2.29. The maximum atomic E-state index is 10.1. The van der Waals surface area contributed by atoms with Gasteiger partial charge in [0.05, 0.1) is 12.1 Å². The molecule has 0 saturated carbocycles. The number of benzene rings is 2. The van der Waals surface area contributed by atoms with E-state index in [4.69, 9.17) is 5.73 Å². The summed E-state index contributed by atoms with van der Waals surface area (Å²) in [5, 5.41) is 29.2. The molecule has 0 amide bonds. The van der Waals surface area contributed by atoms with Crippen molar-refractivity contribution in [1.82, 2.24) is 0 Å². The van der Waals surface area contributed by atoms with Gasteiger partial charge in [-0.15, -0.1) is 0 Å². The maximum absolute atomic E-state index is 10.1. The van der Waals surface area contributed by atoms with Gasteiger partial charge in [-0.2, -0.15) is 0 Å². The van der Waals surface area contributed by atoms with Crippen molar-refractivity contribution in [3.63, 3.8) is 0 Å². The molecule has 0 radical (unpaired) electrons. The maximum Gasteiger partial charge on any atom is 0.120 e. The fourth-order valence-corrected chi connectivity index (χ4v) is 2.00. The molecule has 0 unspecified atom stereocenters. The minimum absolute atomic E-state index is 0.00941. The van der Waals surface area contributed by atoms with Gasteiger partial charge in [-0.25, -0.2) is 0 Å². The van der Waals surface area contributed by atoms with Gasteiger partial charge in [-0.3, -0.25) is 0 Å². The predicted molar refractivity (Wildman–Crippen MR) is 72.9 cm³/mol. The average Bonchev–Trinajstić information content (AvgIpc) is 2.42. The molecule has 0 aliphatic carbocycles. The minimum Gasteiger partial charge on any atom is -0.508 e. The predicted octanol–water partition coefficient (Wildman–Crippen LogP) is 1.70. The summed E-state index contributed by atoms with van der Waals surface area (Å²) in [6.45, 7) is 0. The summed E-state index contributed by atoms with van der Waals surface area (Å²) >= 11 is 0. The Morgan fingerprint density at radius 2 is 1.68 bits per heavy atom. The van der Waals surface area contributed by atoms with Crippen LogP contribution in [0.2, 0.25) is 0 Å². The molecule has 19 heavy (non-hydrogen) atoms. The average molecular weight is 259 g/mol. The zero-order chi connectivity index (χ0) is 13.8.